The molecule has 3 heterocycles. The van der Waals surface area contributed by atoms with Crippen LogP contribution >= 0.6 is 0 Å². The monoisotopic (exact) mass is 372 g/mol. The molecule has 2 aromatic heterocycles. The van der Waals surface area contributed by atoms with Crippen molar-refractivity contribution in [1.29, 1.82) is 0 Å². The molecule has 1 aliphatic heterocycles. The molecule has 1 fully saturated rings. The average Bonchev–Trinajstić information content (AvgIpc) is 2.94. The first-order valence-corrected chi connectivity index (χ1v) is 8.73. The van der Waals surface area contributed by atoms with Crippen LogP contribution in [-0.2, 0) is 7.05 Å². The van der Waals surface area contributed by atoms with Crippen molar-refractivity contribution < 1.29 is 13.6 Å². The van der Waals surface area contributed by atoms with Gasteiger partial charge < -0.3 is 4.90 Å². The number of aromatic nitrogens is 3. The molecule has 1 aliphatic rings. The number of nitrogens with zero attached hydrogens (tertiary/aromatic N) is 4. The van der Waals surface area contributed by atoms with Crippen molar-refractivity contribution >= 4 is 17.1 Å². The summed E-state index contributed by atoms with van der Waals surface area (Å²) in [6.07, 6.45) is 2.97. The molecule has 0 unspecified atom stereocenters. The van der Waals surface area contributed by atoms with E-state index in [2.05, 4.69) is 4.98 Å². The highest BCUT2D eigenvalue weighted by Gasteiger charge is 2.29. The number of hydrogen-bond acceptors (Lipinski definition) is 3. The fourth-order valence-electron chi connectivity index (χ4n) is 3.70. The quantitative estimate of drug-likeness (QED) is 0.694. The molecule has 1 amide bonds. The Morgan fingerprint density at radius 3 is 2.89 bits per heavy atom. The topological polar surface area (TPSA) is 60.1 Å². The molecule has 0 N–H and O–H groups in total. The Balaban J connectivity index is 1.68. The Morgan fingerprint density at radius 1 is 1.26 bits per heavy atom. The van der Waals surface area contributed by atoms with Crippen molar-refractivity contribution in [2.75, 3.05) is 13.1 Å². The maximum Gasteiger partial charge on any atom is 0.330 e. The van der Waals surface area contributed by atoms with E-state index in [1.807, 2.05) is 6.07 Å². The lowest BCUT2D eigenvalue weighted by Gasteiger charge is -2.33. The molecule has 1 atom stereocenters. The average molecular weight is 372 g/mol. The van der Waals surface area contributed by atoms with Crippen molar-refractivity contribution in [3.8, 4) is 0 Å². The van der Waals surface area contributed by atoms with Crippen molar-refractivity contribution in [3.63, 3.8) is 0 Å². The number of pyridine rings is 1. The molecule has 1 aromatic carbocycles. The van der Waals surface area contributed by atoms with Crippen molar-refractivity contribution in [2.45, 2.75) is 18.9 Å². The zero-order valence-electron chi connectivity index (χ0n) is 14.7. The highest BCUT2D eigenvalue weighted by atomic mass is 19.1. The SMILES string of the molecule is Cn1c(=O)n([C@H]2CCCN(C(=O)c3cc(F)ccc3F)C2)c2ncccc21. The van der Waals surface area contributed by atoms with E-state index in [1.165, 1.54) is 9.47 Å². The minimum Gasteiger partial charge on any atom is -0.336 e. The van der Waals surface area contributed by atoms with Gasteiger partial charge in [0.05, 0.1) is 17.1 Å². The van der Waals surface area contributed by atoms with Crippen LogP contribution in [0.5, 0.6) is 0 Å². The minimum absolute atomic E-state index is 0.208. The van der Waals surface area contributed by atoms with Crippen LogP contribution in [0.25, 0.3) is 11.2 Å². The van der Waals surface area contributed by atoms with Gasteiger partial charge in [-0.25, -0.2) is 18.6 Å². The van der Waals surface area contributed by atoms with Crippen LogP contribution in [0.15, 0.2) is 41.3 Å². The third kappa shape index (κ3) is 2.90. The zero-order chi connectivity index (χ0) is 19.1. The second-order valence-corrected chi connectivity index (χ2v) is 6.73. The first kappa shape index (κ1) is 17.4. The molecule has 0 aliphatic carbocycles. The summed E-state index contributed by atoms with van der Waals surface area (Å²) in [7, 11) is 1.68. The number of hydrogen-bond donors (Lipinski definition) is 0. The van der Waals surface area contributed by atoms with E-state index in [0.29, 0.717) is 30.6 Å². The molecule has 1 saturated heterocycles. The molecule has 0 spiro atoms. The lowest BCUT2D eigenvalue weighted by atomic mass is 10.0. The number of carbonyl (C=O) groups is 1. The minimum atomic E-state index is -0.757. The number of benzene rings is 1. The summed E-state index contributed by atoms with van der Waals surface area (Å²) in [6, 6.07) is 6.14. The van der Waals surface area contributed by atoms with E-state index >= 15 is 0 Å². The number of fused-ring (bicyclic) bond motifs is 1. The van der Waals surface area contributed by atoms with Crippen molar-refractivity contribution in [2.24, 2.45) is 7.05 Å². The van der Waals surface area contributed by atoms with Gasteiger partial charge in [0.15, 0.2) is 5.65 Å². The van der Waals surface area contributed by atoms with Crippen molar-refractivity contribution in [3.05, 3.63) is 64.2 Å². The van der Waals surface area contributed by atoms with Gasteiger partial charge >= 0.3 is 5.69 Å². The van der Waals surface area contributed by atoms with Crippen LogP contribution < -0.4 is 5.69 Å². The Hall–Kier alpha value is -3.03. The summed E-state index contributed by atoms with van der Waals surface area (Å²) in [4.78, 5) is 31.2. The fourth-order valence-corrected chi connectivity index (χ4v) is 3.70. The number of imidazole rings is 1. The summed E-state index contributed by atoms with van der Waals surface area (Å²) < 4.78 is 30.6. The van der Waals surface area contributed by atoms with Gasteiger partial charge in [0.25, 0.3) is 5.91 Å². The number of aryl methyl sites for hydroxylation is 1. The van der Waals surface area contributed by atoms with Gasteiger partial charge in [-0.2, -0.15) is 0 Å². The second kappa shape index (κ2) is 6.61. The summed E-state index contributed by atoms with van der Waals surface area (Å²) in [5.41, 5.74) is 0.766. The molecule has 140 valence electrons. The predicted octanol–water partition coefficient (Wildman–Crippen LogP) is 2.49. The van der Waals surface area contributed by atoms with E-state index in [1.54, 1.807) is 23.9 Å². The van der Waals surface area contributed by atoms with E-state index in [4.69, 9.17) is 0 Å². The smallest absolute Gasteiger partial charge is 0.330 e. The van der Waals surface area contributed by atoms with Gasteiger partial charge in [-0.1, -0.05) is 0 Å². The maximum atomic E-state index is 14.0. The van der Waals surface area contributed by atoms with Crippen LogP contribution in [-0.4, -0.2) is 38.0 Å². The van der Waals surface area contributed by atoms with Gasteiger partial charge in [-0.3, -0.25) is 13.9 Å². The number of amides is 1. The van der Waals surface area contributed by atoms with Crippen LogP contribution in [0.2, 0.25) is 0 Å². The number of likely N-dealkylation sites (tertiary alicyclic amines) is 1. The van der Waals surface area contributed by atoms with Crippen LogP contribution in [0, 0.1) is 11.6 Å². The standard InChI is InChI=1S/C19H18F2N4O2/c1-23-16-5-2-8-22-17(16)25(19(23)27)13-4-3-9-24(11-13)18(26)14-10-12(20)6-7-15(14)21/h2,5-8,10,13H,3-4,9,11H2,1H3/t13-/m0/s1. The Labute approximate surface area is 153 Å². The van der Waals surface area contributed by atoms with Crippen molar-refractivity contribution in [1.82, 2.24) is 19.0 Å². The number of rotatable bonds is 2. The molecule has 0 bridgehead atoms. The molecule has 0 saturated carbocycles. The fraction of sp³-hybridized carbons (Fsp3) is 0.316. The third-order valence-electron chi connectivity index (χ3n) is 5.06. The van der Waals surface area contributed by atoms with Gasteiger partial charge in [0.1, 0.15) is 11.6 Å². The van der Waals surface area contributed by atoms with Crippen LogP contribution in [0.3, 0.4) is 0 Å². The summed E-state index contributed by atoms with van der Waals surface area (Å²) in [6.45, 7) is 0.669. The van der Waals surface area contributed by atoms with Crippen LogP contribution in [0.1, 0.15) is 29.2 Å². The first-order chi connectivity index (χ1) is 13.0. The number of halogens is 2. The lowest BCUT2D eigenvalue weighted by molar-refractivity contribution is 0.0674. The molecule has 3 aromatic rings. The summed E-state index contributed by atoms with van der Waals surface area (Å²) >= 11 is 0. The van der Waals surface area contributed by atoms with E-state index in [9.17, 15) is 18.4 Å². The predicted molar refractivity (Wildman–Crippen MR) is 95.5 cm³/mol. The van der Waals surface area contributed by atoms with Gasteiger partial charge in [-0.05, 0) is 43.2 Å². The van der Waals surface area contributed by atoms with E-state index in [0.717, 1.165) is 18.2 Å². The molecular weight excluding hydrogens is 354 g/mol. The molecular formula is C19H18F2N4O2. The summed E-state index contributed by atoms with van der Waals surface area (Å²) in [5.74, 6) is -1.99. The highest BCUT2D eigenvalue weighted by molar-refractivity contribution is 5.94. The second-order valence-electron chi connectivity index (χ2n) is 6.73. The maximum absolute atomic E-state index is 14.0. The van der Waals surface area contributed by atoms with Gasteiger partial charge in [0.2, 0.25) is 0 Å². The first-order valence-electron chi connectivity index (χ1n) is 8.73. The highest BCUT2D eigenvalue weighted by Crippen LogP contribution is 2.25. The summed E-state index contributed by atoms with van der Waals surface area (Å²) in [5, 5.41) is 0. The molecule has 6 nitrogen and oxygen atoms in total. The Kier molecular flexibility index (Phi) is 4.25. The van der Waals surface area contributed by atoms with Gasteiger partial charge in [0, 0.05) is 26.3 Å². The largest absolute Gasteiger partial charge is 0.336 e. The van der Waals surface area contributed by atoms with Crippen LogP contribution in [0.4, 0.5) is 8.78 Å². The van der Waals surface area contributed by atoms with Gasteiger partial charge in [-0.15, -0.1) is 0 Å². The number of piperidine rings is 1. The molecule has 0 radical (unpaired) electrons. The van der Waals surface area contributed by atoms with E-state index < -0.39 is 17.5 Å². The molecule has 27 heavy (non-hydrogen) atoms. The lowest BCUT2D eigenvalue weighted by Crippen LogP contribution is -2.43. The third-order valence-corrected chi connectivity index (χ3v) is 5.06. The molecule has 8 heteroatoms. The molecule has 4 rings (SSSR count). The zero-order valence-corrected chi connectivity index (χ0v) is 14.7. The Morgan fingerprint density at radius 2 is 2.07 bits per heavy atom. The Bertz CT molecular complexity index is 1090. The normalized spacial score (nSPS) is 17.4. The van der Waals surface area contributed by atoms with E-state index in [-0.39, 0.29) is 23.8 Å². The number of carbonyl (C=O) groups excluding carboxylic acids is 1.